The van der Waals surface area contributed by atoms with Gasteiger partial charge in [0.1, 0.15) is 11.9 Å². The predicted octanol–water partition coefficient (Wildman–Crippen LogP) is 3.52. The monoisotopic (exact) mass is 410 g/mol. The molecule has 0 radical (unpaired) electrons. The normalized spacial score (nSPS) is 25.9. The average molecular weight is 410 g/mol. The lowest BCUT2D eigenvalue weighted by Crippen LogP contribution is -2.52. The van der Waals surface area contributed by atoms with Gasteiger partial charge in [0, 0.05) is 17.9 Å². The Hall–Kier alpha value is -2.93. The van der Waals surface area contributed by atoms with Crippen LogP contribution in [-0.2, 0) is 16.0 Å². The smallest absolute Gasteiger partial charge is 0.252 e. The molecule has 1 N–H and O–H groups in total. The van der Waals surface area contributed by atoms with Crippen molar-refractivity contribution < 1.29 is 19.0 Å². The number of benzene rings is 2. The van der Waals surface area contributed by atoms with Gasteiger partial charge in [0.25, 0.3) is 5.91 Å². The van der Waals surface area contributed by atoms with Gasteiger partial charge in [-0.3, -0.25) is 4.79 Å². The van der Waals surface area contributed by atoms with Gasteiger partial charge in [-0.25, -0.2) is 4.39 Å². The molecule has 2 aromatic rings. The minimum absolute atomic E-state index is 0.0686. The van der Waals surface area contributed by atoms with Crippen LogP contribution in [0.3, 0.4) is 0 Å². The van der Waals surface area contributed by atoms with Crippen LogP contribution in [-0.4, -0.2) is 47.3 Å². The standard InChI is InChI=1S/C22H23FN4O3/c23-17-7-5-16(6-8-17)20-18-4-2-1-3-15(18)9-11-27(20)21(28)19-13-22(29,10-12-30-19)14-25-26-24/h1-8,19-20,29H,9-14H2/t19-,20+,22+/m1/s1. The fourth-order valence-corrected chi connectivity index (χ4v) is 4.36. The number of hydrogen-bond donors (Lipinski definition) is 1. The minimum Gasteiger partial charge on any atom is -0.390 e. The van der Waals surface area contributed by atoms with Gasteiger partial charge in [-0.2, -0.15) is 0 Å². The van der Waals surface area contributed by atoms with Crippen LogP contribution in [0.5, 0.6) is 0 Å². The molecule has 7 nitrogen and oxygen atoms in total. The number of nitrogens with zero attached hydrogens (tertiary/aromatic N) is 4. The molecule has 1 amide bonds. The van der Waals surface area contributed by atoms with E-state index in [0.717, 1.165) is 16.7 Å². The molecule has 8 heteroatoms. The maximum atomic E-state index is 13.5. The molecule has 4 rings (SSSR count). The summed E-state index contributed by atoms with van der Waals surface area (Å²) in [4.78, 5) is 18.0. The van der Waals surface area contributed by atoms with Crippen LogP contribution in [0.4, 0.5) is 4.39 Å². The van der Waals surface area contributed by atoms with E-state index in [4.69, 9.17) is 10.3 Å². The molecule has 2 aromatic carbocycles. The quantitative estimate of drug-likeness (QED) is 0.474. The Morgan fingerprint density at radius 3 is 2.83 bits per heavy atom. The van der Waals surface area contributed by atoms with Gasteiger partial charge in [-0.05, 0) is 47.2 Å². The SMILES string of the molecule is [N-]=[N+]=NC[C@]1(O)CCO[C@@H](C(=O)N2CCc3ccccc3[C@@H]2c2ccc(F)cc2)C1. The molecular formula is C22H23FN4O3. The summed E-state index contributed by atoms with van der Waals surface area (Å²) in [6.07, 6.45) is 0.250. The third-order valence-electron chi connectivity index (χ3n) is 5.91. The maximum absolute atomic E-state index is 13.5. The molecule has 2 heterocycles. The van der Waals surface area contributed by atoms with E-state index in [1.807, 2.05) is 24.3 Å². The fourth-order valence-electron chi connectivity index (χ4n) is 4.36. The number of ether oxygens (including phenoxy) is 1. The van der Waals surface area contributed by atoms with Crippen molar-refractivity contribution in [2.75, 3.05) is 19.7 Å². The lowest BCUT2D eigenvalue weighted by atomic mass is 9.86. The molecule has 0 saturated carbocycles. The molecule has 0 aliphatic carbocycles. The van der Waals surface area contributed by atoms with Crippen molar-refractivity contribution in [3.05, 3.63) is 81.5 Å². The first kappa shape index (κ1) is 20.3. The third kappa shape index (κ3) is 4.03. The average Bonchev–Trinajstić information content (AvgIpc) is 2.77. The van der Waals surface area contributed by atoms with Crippen LogP contribution in [0.25, 0.3) is 10.4 Å². The molecule has 0 bridgehead atoms. The summed E-state index contributed by atoms with van der Waals surface area (Å²) < 4.78 is 19.2. The Kier molecular flexibility index (Phi) is 5.72. The number of azide groups is 1. The second-order valence-corrected chi connectivity index (χ2v) is 7.86. The summed E-state index contributed by atoms with van der Waals surface area (Å²) in [6.45, 7) is 0.604. The molecule has 1 fully saturated rings. The highest BCUT2D eigenvalue weighted by molar-refractivity contribution is 5.82. The van der Waals surface area contributed by atoms with Crippen LogP contribution >= 0.6 is 0 Å². The molecule has 0 spiro atoms. The van der Waals surface area contributed by atoms with Crippen molar-refractivity contribution >= 4 is 5.91 Å². The Morgan fingerprint density at radius 2 is 2.07 bits per heavy atom. The van der Waals surface area contributed by atoms with Crippen LogP contribution < -0.4 is 0 Å². The van der Waals surface area contributed by atoms with E-state index in [1.54, 1.807) is 17.0 Å². The first-order valence-corrected chi connectivity index (χ1v) is 9.99. The van der Waals surface area contributed by atoms with Gasteiger partial charge in [0.05, 0.1) is 24.8 Å². The molecule has 0 unspecified atom stereocenters. The lowest BCUT2D eigenvalue weighted by Gasteiger charge is -2.42. The van der Waals surface area contributed by atoms with Crippen molar-refractivity contribution in [3.8, 4) is 0 Å². The highest BCUT2D eigenvalue weighted by Gasteiger charge is 2.42. The Bertz CT molecular complexity index is 977. The van der Waals surface area contributed by atoms with Gasteiger partial charge >= 0.3 is 0 Å². The summed E-state index contributed by atoms with van der Waals surface area (Å²) in [7, 11) is 0. The number of fused-ring (bicyclic) bond motifs is 1. The van der Waals surface area contributed by atoms with Gasteiger partial charge in [0.2, 0.25) is 0 Å². The zero-order valence-corrected chi connectivity index (χ0v) is 16.4. The van der Waals surface area contributed by atoms with Crippen LogP contribution in [0.15, 0.2) is 53.6 Å². The fraction of sp³-hybridized carbons (Fsp3) is 0.409. The summed E-state index contributed by atoms with van der Waals surface area (Å²) in [6, 6.07) is 13.8. The predicted molar refractivity (Wildman–Crippen MR) is 108 cm³/mol. The minimum atomic E-state index is -1.26. The molecular weight excluding hydrogens is 387 g/mol. The number of rotatable bonds is 4. The molecule has 156 valence electrons. The van der Waals surface area contributed by atoms with Gasteiger partial charge < -0.3 is 14.7 Å². The number of carbonyl (C=O) groups is 1. The van der Waals surface area contributed by atoms with E-state index in [0.29, 0.717) is 19.4 Å². The first-order valence-electron chi connectivity index (χ1n) is 9.99. The summed E-state index contributed by atoms with van der Waals surface area (Å²) in [5.41, 5.74) is 10.3. The van der Waals surface area contributed by atoms with Crippen LogP contribution in [0.1, 0.15) is 35.6 Å². The zero-order chi connectivity index (χ0) is 21.1. The number of hydrogen-bond acceptors (Lipinski definition) is 4. The summed E-state index contributed by atoms with van der Waals surface area (Å²) in [5.74, 6) is -0.558. The Labute approximate surface area is 173 Å². The maximum Gasteiger partial charge on any atom is 0.252 e. The molecule has 30 heavy (non-hydrogen) atoms. The summed E-state index contributed by atoms with van der Waals surface area (Å²) >= 11 is 0. The summed E-state index contributed by atoms with van der Waals surface area (Å²) in [5, 5.41) is 14.2. The van der Waals surface area contributed by atoms with Crippen molar-refractivity contribution in [1.82, 2.24) is 4.90 Å². The van der Waals surface area contributed by atoms with Gasteiger partial charge in [-0.15, -0.1) is 0 Å². The van der Waals surface area contributed by atoms with E-state index in [9.17, 15) is 14.3 Å². The van der Waals surface area contributed by atoms with E-state index in [2.05, 4.69) is 10.0 Å². The Morgan fingerprint density at radius 1 is 1.30 bits per heavy atom. The lowest BCUT2D eigenvalue weighted by molar-refractivity contribution is -0.160. The van der Waals surface area contributed by atoms with Gasteiger partial charge in [0.15, 0.2) is 0 Å². The van der Waals surface area contributed by atoms with E-state index in [-0.39, 0.29) is 37.3 Å². The first-order chi connectivity index (χ1) is 14.5. The van der Waals surface area contributed by atoms with E-state index in [1.165, 1.54) is 12.1 Å². The topological polar surface area (TPSA) is 98.5 Å². The second-order valence-electron chi connectivity index (χ2n) is 7.86. The number of carbonyl (C=O) groups excluding carboxylic acids is 1. The van der Waals surface area contributed by atoms with Crippen LogP contribution in [0.2, 0.25) is 0 Å². The zero-order valence-electron chi connectivity index (χ0n) is 16.4. The van der Waals surface area contributed by atoms with E-state index < -0.39 is 11.7 Å². The Balaban J connectivity index is 1.65. The second kappa shape index (κ2) is 8.44. The molecule has 2 aliphatic heterocycles. The van der Waals surface area contributed by atoms with Crippen molar-refractivity contribution in [2.24, 2.45) is 5.11 Å². The molecule has 1 saturated heterocycles. The van der Waals surface area contributed by atoms with E-state index >= 15 is 0 Å². The number of aliphatic hydroxyl groups is 1. The molecule has 0 aromatic heterocycles. The molecule has 2 aliphatic rings. The molecule has 3 atom stereocenters. The van der Waals surface area contributed by atoms with Crippen molar-refractivity contribution in [3.63, 3.8) is 0 Å². The van der Waals surface area contributed by atoms with Crippen LogP contribution in [0, 0.1) is 5.82 Å². The largest absolute Gasteiger partial charge is 0.390 e. The third-order valence-corrected chi connectivity index (χ3v) is 5.91. The van der Waals surface area contributed by atoms with Crippen molar-refractivity contribution in [2.45, 2.75) is 37.0 Å². The highest BCUT2D eigenvalue weighted by atomic mass is 19.1. The highest BCUT2D eigenvalue weighted by Crippen LogP contribution is 2.37. The van der Waals surface area contributed by atoms with Gasteiger partial charge in [-0.1, -0.05) is 41.5 Å². The number of amides is 1. The number of halogens is 1. The van der Waals surface area contributed by atoms with Crippen molar-refractivity contribution in [1.29, 1.82) is 0 Å².